The number of hydrogen-bond acceptors (Lipinski definition) is 5. The lowest BCUT2D eigenvalue weighted by Gasteiger charge is -2.33. The predicted octanol–water partition coefficient (Wildman–Crippen LogP) is 3.69. The molecule has 1 fully saturated rings. The Morgan fingerprint density at radius 1 is 1.13 bits per heavy atom. The van der Waals surface area contributed by atoms with Crippen LogP contribution >= 0.6 is 0 Å². The number of nitrogens with one attached hydrogen (secondary N) is 1. The topological polar surface area (TPSA) is 80.8 Å². The highest BCUT2D eigenvalue weighted by molar-refractivity contribution is 5.91. The number of rotatable bonds is 9. The van der Waals surface area contributed by atoms with E-state index in [0.29, 0.717) is 42.4 Å². The van der Waals surface area contributed by atoms with E-state index in [0.717, 1.165) is 38.0 Å². The number of amides is 2. The summed E-state index contributed by atoms with van der Waals surface area (Å²) in [6.07, 6.45) is 6.09. The number of piperidine rings is 1. The van der Waals surface area contributed by atoms with Gasteiger partial charge in [0.25, 0.3) is 0 Å². The molecule has 0 saturated carbocycles. The van der Waals surface area contributed by atoms with Gasteiger partial charge in [-0.1, -0.05) is 6.07 Å². The summed E-state index contributed by atoms with van der Waals surface area (Å²) in [6, 6.07) is 11.1. The number of pyridine rings is 1. The second kappa shape index (κ2) is 11.3. The predicted molar refractivity (Wildman–Crippen MR) is 119 cm³/mol. The summed E-state index contributed by atoms with van der Waals surface area (Å²) in [5, 5.41) is 2.92. The molecule has 1 aromatic heterocycles. The lowest BCUT2D eigenvalue weighted by Crippen LogP contribution is -2.40. The zero-order valence-electron chi connectivity index (χ0n) is 18.3. The van der Waals surface area contributed by atoms with Crippen molar-refractivity contribution < 1.29 is 19.1 Å². The van der Waals surface area contributed by atoms with Gasteiger partial charge in [-0.3, -0.25) is 14.6 Å². The first-order chi connectivity index (χ1) is 15.1. The number of carbonyl (C=O) groups is 2. The van der Waals surface area contributed by atoms with Gasteiger partial charge < -0.3 is 19.7 Å². The van der Waals surface area contributed by atoms with Crippen LogP contribution in [-0.4, -0.2) is 49.0 Å². The summed E-state index contributed by atoms with van der Waals surface area (Å²) in [7, 11) is 3.15. The lowest BCUT2D eigenvalue weighted by molar-refractivity contribution is -0.133. The molecule has 166 valence electrons. The van der Waals surface area contributed by atoms with E-state index in [1.54, 1.807) is 38.6 Å². The Kier molecular flexibility index (Phi) is 8.27. The molecule has 1 unspecified atom stereocenters. The van der Waals surface area contributed by atoms with Crippen LogP contribution in [-0.2, 0) is 16.0 Å². The summed E-state index contributed by atoms with van der Waals surface area (Å²) in [6.45, 7) is 1.52. The van der Waals surface area contributed by atoms with Gasteiger partial charge in [-0.2, -0.15) is 0 Å². The second-order valence-electron chi connectivity index (χ2n) is 7.86. The maximum atomic E-state index is 12.6. The minimum atomic E-state index is -0.0473. The van der Waals surface area contributed by atoms with E-state index in [1.807, 2.05) is 23.1 Å². The molecule has 0 spiro atoms. The number of aromatic nitrogens is 1. The Labute approximate surface area is 183 Å². The minimum absolute atomic E-state index is 0.0473. The number of ether oxygens (including phenoxy) is 2. The van der Waals surface area contributed by atoms with E-state index >= 15 is 0 Å². The molecule has 7 heteroatoms. The molecule has 1 N–H and O–H groups in total. The molecule has 1 atom stereocenters. The SMILES string of the molecule is COc1cc(NC(=O)CCC2CCCN(C(=O)CCc3ccccn3)C2)cc(OC)c1. The third-order valence-corrected chi connectivity index (χ3v) is 5.61. The fourth-order valence-electron chi connectivity index (χ4n) is 3.90. The number of nitrogens with zero attached hydrogens (tertiary/aromatic N) is 2. The molecule has 7 nitrogen and oxygen atoms in total. The third-order valence-electron chi connectivity index (χ3n) is 5.61. The Hall–Kier alpha value is -3.09. The van der Waals surface area contributed by atoms with Crippen LogP contribution < -0.4 is 14.8 Å². The van der Waals surface area contributed by atoms with Crippen molar-refractivity contribution in [1.82, 2.24) is 9.88 Å². The van der Waals surface area contributed by atoms with Gasteiger partial charge in [0, 0.05) is 61.7 Å². The van der Waals surface area contributed by atoms with Crippen molar-refractivity contribution in [3.63, 3.8) is 0 Å². The third kappa shape index (κ3) is 6.98. The van der Waals surface area contributed by atoms with Crippen molar-refractivity contribution in [2.24, 2.45) is 5.92 Å². The van der Waals surface area contributed by atoms with Crippen LogP contribution in [0.3, 0.4) is 0 Å². The lowest BCUT2D eigenvalue weighted by atomic mass is 9.93. The maximum absolute atomic E-state index is 12.6. The largest absolute Gasteiger partial charge is 0.497 e. The van der Waals surface area contributed by atoms with Crippen molar-refractivity contribution in [3.05, 3.63) is 48.3 Å². The second-order valence-corrected chi connectivity index (χ2v) is 7.86. The number of methoxy groups -OCH3 is 2. The zero-order valence-corrected chi connectivity index (χ0v) is 18.3. The van der Waals surface area contributed by atoms with E-state index < -0.39 is 0 Å². The summed E-state index contributed by atoms with van der Waals surface area (Å²) >= 11 is 0. The molecular formula is C24H31N3O4. The summed E-state index contributed by atoms with van der Waals surface area (Å²) in [5.41, 5.74) is 1.59. The molecular weight excluding hydrogens is 394 g/mol. The molecule has 0 aliphatic carbocycles. The van der Waals surface area contributed by atoms with Gasteiger partial charge in [-0.15, -0.1) is 0 Å². The highest BCUT2D eigenvalue weighted by Gasteiger charge is 2.24. The normalized spacial score (nSPS) is 15.9. The minimum Gasteiger partial charge on any atom is -0.497 e. The average molecular weight is 426 g/mol. The van der Waals surface area contributed by atoms with Crippen molar-refractivity contribution in [2.75, 3.05) is 32.6 Å². The smallest absolute Gasteiger partial charge is 0.224 e. The quantitative estimate of drug-likeness (QED) is 0.663. The highest BCUT2D eigenvalue weighted by atomic mass is 16.5. The average Bonchev–Trinajstić information content (AvgIpc) is 2.81. The fraction of sp³-hybridized carbons (Fsp3) is 0.458. The van der Waals surface area contributed by atoms with Gasteiger partial charge in [-0.05, 0) is 43.7 Å². The molecule has 0 radical (unpaired) electrons. The molecule has 0 bridgehead atoms. The Balaban J connectivity index is 1.45. The van der Waals surface area contributed by atoms with E-state index in [-0.39, 0.29) is 11.8 Å². The number of benzene rings is 1. The highest BCUT2D eigenvalue weighted by Crippen LogP contribution is 2.26. The Bertz CT molecular complexity index is 850. The molecule has 2 heterocycles. The van der Waals surface area contributed by atoms with Crippen molar-refractivity contribution in [1.29, 1.82) is 0 Å². The molecule has 2 aromatic rings. The standard InChI is InChI=1S/C24H31N3O4/c1-30-21-14-20(15-22(16-21)31-2)26-23(28)10-8-18-6-5-13-27(17-18)24(29)11-9-19-7-3-4-12-25-19/h3-4,7,12,14-16,18H,5-6,8-11,13,17H2,1-2H3,(H,26,28). The van der Waals surface area contributed by atoms with Crippen LogP contribution in [0.1, 0.15) is 37.8 Å². The van der Waals surface area contributed by atoms with Crippen LogP contribution in [0.25, 0.3) is 0 Å². The van der Waals surface area contributed by atoms with Crippen molar-refractivity contribution in [2.45, 2.75) is 38.5 Å². The molecule has 1 aliphatic rings. The van der Waals surface area contributed by atoms with Gasteiger partial charge in [-0.25, -0.2) is 0 Å². The van der Waals surface area contributed by atoms with E-state index in [2.05, 4.69) is 10.3 Å². The Morgan fingerprint density at radius 3 is 2.58 bits per heavy atom. The molecule has 1 aromatic carbocycles. The zero-order chi connectivity index (χ0) is 22.1. The van der Waals surface area contributed by atoms with E-state index in [1.165, 1.54) is 0 Å². The van der Waals surface area contributed by atoms with E-state index in [4.69, 9.17) is 9.47 Å². The molecule has 1 aliphatic heterocycles. The first-order valence-corrected chi connectivity index (χ1v) is 10.8. The summed E-state index contributed by atoms with van der Waals surface area (Å²) in [5.74, 6) is 1.72. The van der Waals surface area contributed by atoms with Gasteiger partial charge in [0.2, 0.25) is 11.8 Å². The number of anilines is 1. The number of likely N-dealkylation sites (tertiary alicyclic amines) is 1. The number of hydrogen-bond donors (Lipinski definition) is 1. The Morgan fingerprint density at radius 2 is 1.90 bits per heavy atom. The molecule has 2 amide bonds. The molecule has 1 saturated heterocycles. The first kappa shape index (κ1) is 22.6. The van der Waals surface area contributed by atoms with Crippen LogP contribution in [0.2, 0.25) is 0 Å². The molecule has 31 heavy (non-hydrogen) atoms. The van der Waals surface area contributed by atoms with Crippen LogP contribution in [0.5, 0.6) is 11.5 Å². The van der Waals surface area contributed by atoms with Crippen LogP contribution in [0, 0.1) is 5.92 Å². The fourth-order valence-corrected chi connectivity index (χ4v) is 3.90. The first-order valence-electron chi connectivity index (χ1n) is 10.8. The van der Waals surface area contributed by atoms with Crippen molar-refractivity contribution in [3.8, 4) is 11.5 Å². The maximum Gasteiger partial charge on any atom is 0.224 e. The monoisotopic (exact) mass is 425 g/mol. The van der Waals surface area contributed by atoms with Gasteiger partial charge in [0.1, 0.15) is 11.5 Å². The van der Waals surface area contributed by atoms with Gasteiger partial charge in [0.15, 0.2) is 0 Å². The number of carbonyl (C=O) groups excluding carboxylic acids is 2. The van der Waals surface area contributed by atoms with Gasteiger partial charge >= 0.3 is 0 Å². The number of aryl methyl sites for hydroxylation is 1. The summed E-state index contributed by atoms with van der Waals surface area (Å²) < 4.78 is 10.5. The van der Waals surface area contributed by atoms with Crippen LogP contribution in [0.4, 0.5) is 5.69 Å². The summed E-state index contributed by atoms with van der Waals surface area (Å²) in [4.78, 5) is 31.3. The van der Waals surface area contributed by atoms with E-state index in [9.17, 15) is 9.59 Å². The van der Waals surface area contributed by atoms with Crippen LogP contribution in [0.15, 0.2) is 42.6 Å². The molecule has 3 rings (SSSR count). The van der Waals surface area contributed by atoms with Gasteiger partial charge in [0.05, 0.1) is 14.2 Å². The van der Waals surface area contributed by atoms with Crippen molar-refractivity contribution >= 4 is 17.5 Å².